The highest BCUT2D eigenvalue weighted by Crippen LogP contribution is 2.30. The first kappa shape index (κ1) is 35.1. The summed E-state index contributed by atoms with van der Waals surface area (Å²) >= 11 is 0. The topological polar surface area (TPSA) is 85.5 Å². The first-order valence-corrected chi connectivity index (χ1v) is 17.7. The number of unbranched alkanes of at least 4 members (excludes halogenated alkanes) is 6. The number of piperidine rings is 1. The van der Waals surface area contributed by atoms with Crippen LogP contribution >= 0.6 is 0 Å². The van der Waals surface area contributed by atoms with Crippen LogP contribution in [-0.4, -0.2) is 51.3 Å². The number of carbonyl (C=O) groups is 1. The van der Waals surface area contributed by atoms with Crippen LogP contribution in [0.25, 0.3) is 11.0 Å². The predicted molar refractivity (Wildman–Crippen MR) is 190 cm³/mol. The number of rotatable bonds is 16. The van der Waals surface area contributed by atoms with Gasteiger partial charge in [-0.2, -0.15) is 0 Å². The molecule has 10 heteroatoms. The van der Waals surface area contributed by atoms with Crippen molar-refractivity contribution in [2.75, 3.05) is 29.9 Å². The average molecular weight is 659 g/mol. The van der Waals surface area contributed by atoms with Crippen molar-refractivity contribution in [3.05, 3.63) is 82.5 Å². The summed E-state index contributed by atoms with van der Waals surface area (Å²) in [5, 5.41) is 0. The molecule has 258 valence electrons. The minimum atomic E-state index is -0.743. The molecule has 3 heterocycles. The van der Waals surface area contributed by atoms with E-state index in [9.17, 15) is 14.0 Å². The van der Waals surface area contributed by atoms with Gasteiger partial charge in [-0.25, -0.2) is 18.9 Å². The number of esters is 1. The highest BCUT2D eigenvalue weighted by molar-refractivity contribution is 5.79. The van der Waals surface area contributed by atoms with Gasteiger partial charge in [-0.1, -0.05) is 83.6 Å². The summed E-state index contributed by atoms with van der Waals surface area (Å²) in [6.45, 7) is 8.25. The lowest BCUT2D eigenvalue weighted by molar-refractivity contribution is -0.157. The molecule has 0 radical (unpaired) electrons. The second-order valence-electron chi connectivity index (χ2n) is 13.4. The zero-order chi connectivity index (χ0) is 34.0. The van der Waals surface area contributed by atoms with Crippen molar-refractivity contribution < 1.29 is 13.9 Å². The summed E-state index contributed by atoms with van der Waals surface area (Å²) in [5.41, 5.74) is 2.73. The third-order valence-corrected chi connectivity index (χ3v) is 9.42. The highest BCUT2D eigenvalue weighted by Gasteiger charge is 2.31. The van der Waals surface area contributed by atoms with Gasteiger partial charge >= 0.3 is 5.97 Å². The van der Waals surface area contributed by atoms with E-state index in [1.807, 2.05) is 51.2 Å². The molecule has 0 bridgehead atoms. The number of anilines is 2. The van der Waals surface area contributed by atoms with Gasteiger partial charge in [0.25, 0.3) is 5.56 Å². The van der Waals surface area contributed by atoms with Crippen LogP contribution in [0.5, 0.6) is 0 Å². The van der Waals surface area contributed by atoms with Crippen molar-refractivity contribution >= 4 is 28.9 Å². The number of imidazole rings is 1. The van der Waals surface area contributed by atoms with E-state index in [1.54, 1.807) is 4.57 Å². The van der Waals surface area contributed by atoms with Crippen LogP contribution in [0.1, 0.15) is 96.8 Å². The summed E-state index contributed by atoms with van der Waals surface area (Å²) in [4.78, 5) is 40.3. The number of hydrogen-bond acceptors (Lipinski definition) is 7. The Balaban J connectivity index is 1.27. The number of nitrogens with zero attached hydrogens (tertiary/aromatic N) is 6. The van der Waals surface area contributed by atoms with Gasteiger partial charge in [-0.3, -0.25) is 9.59 Å². The van der Waals surface area contributed by atoms with Crippen molar-refractivity contribution in [2.24, 2.45) is 5.92 Å². The number of aromatic nitrogens is 4. The molecule has 9 nitrogen and oxygen atoms in total. The first-order valence-electron chi connectivity index (χ1n) is 17.7. The lowest BCUT2D eigenvalue weighted by Gasteiger charge is -2.39. The van der Waals surface area contributed by atoms with E-state index in [0.29, 0.717) is 18.9 Å². The Labute approximate surface area is 283 Å². The molecule has 2 aromatic carbocycles. The van der Waals surface area contributed by atoms with Crippen molar-refractivity contribution in [1.29, 1.82) is 0 Å². The largest absolute Gasteiger partial charge is 0.441 e. The van der Waals surface area contributed by atoms with Gasteiger partial charge in [0.2, 0.25) is 11.9 Å². The smallest absolute Gasteiger partial charge is 0.307 e. The second kappa shape index (κ2) is 16.8. The minimum absolute atomic E-state index is 0.118. The molecule has 1 atom stereocenters. The average Bonchev–Trinajstić information content (AvgIpc) is 3.45. The molecule has 0 aliphatic carbocycles. The number of para-hydroxylation sites is 2. The van der Waals surface area contributed by atoms with Gasteiger partial charge in [-0.05, 0) is 49.1 Å². The monoisotopic (exact) mass is 658 g/mol. The molecule has 1 aliphatic rings. The molecular weight excluding hydrogens is 607 g/mol. The third-order valence-electron chi connectivity index (χ3n) is 9.42. The predicted octanol–water partition coefficient (Wildman–Crippen LogP) is 7.72. The molecule has 0 spiro atoms. The summed E-state index contributed by atoms with van der Waals surface area (Å²) in [7, 11) is 1.97. The van der Waals surface area contributed by atoms with Gasteiger partial charge in [0.05, 0.1) is 17.6 Å². The number of fused-ring (bicyclic) bond motifs is 1. The van der Waals surface area contributed by atoms with Crippen LogP contribution in [-0.2, 0) is 16.1 Å². The fraction of sp³-hybridized carbons (Fsp3) is 0.526. The number of benzene rings is 2. The SMILES string of the molecule is CCCCCCCCCC(=O)OC(C(C)C)n1c(N(C)C2CCN(c3nc4ccccc4n3Cc3ccc(F)cc3)CC2)nccc1=O. The van der Waals surface area contributed by atoms with Crippen molar-refractivity contribution in [3.8, 4) is 0 Å². The first-order chi connectivity index (χ1) is 23.3. The lowest BCUT2D eigenvalue weighted by Crippen LogP contribution is -2.46. The molecule has 1 fully saturated rings. The van der Waals surface area contributed by atoms with E-state index in [-0.39, 0.29) is 29.3 Å². The van der Waals surface area contributed by atoms with E-state index in [2.05, 4.69) is 32.3 Å². The van der Waals surface area contributed by atoms with Crippen LogP contribution in [0.2, 0.25) is 0 Å². The molecule has 1 saturated heterocycles. The van der Waals surface area contributed by atoms with E-state index in [1.165, 1.54) is 50.1 Å². The van der Waals surface area contributed by atoms with E-state index < -0.39 is 6.23 Å². The van der Waals surface area contributed by atoms with Crippen LogP contribution in [0.15, 0.2) is 65.6 Å². The fourth-order valence-corrected chi connectivity index (χ4v) is 6.66. The summed E-state index contributed by atoms with van der Waals surface area (Å²) in [6.07, 6.45) is 10.6. The Morgan fingerprint density at radius 2 is 1.67 bits per heavy atom. The molecule has 0 amide bonds. The molecule has 5 rings (SSSR count). The molecule has 1 unspecified atom stereocenters. The zero-order valence-electron chi connectivity index (χ0n) is 29.0. The lowest BCUT2D eigenvalue weighted by atomic mass is 10.0. The van der Waals surface area contributed by atoms with Crippen LogP contribution < -0.4 is 15.4 Å². The number of halogens is 1. The standard InChI is InChI=1S/C38H51FN6O3/c1-5-6-7-8-9-10-11-16-35(47)48-36(28(2)3)45-34(46)21-24-40-37(45)42(4)31-22-25-43(26-23-31)38-41-32-14-12-13-15-33(32)44(38)27-29-17-19-30(39)20-18-29/h12-15,17-21,24,28,31,36H,5-11,16,22-23,25-27H2,1-4H3. The molecule has 1 aliphatic heterocycles. The van der Waals surface area contributed by atoms with Gasteiger partial charge in [0.15, 0.2) is 6.23 Å². The maximum Gasteiger partial charge on any atom is 0.307 e. The van der Waals surface area contributed by atoms with Crippen molar-refractivity contribution in [2.45, 2.75) is 104 Å². The van der Waals surface area contributed by atoms with Crippen LogP contribution in [0.3, 0.4) is 0 Å². The molecule has 2 aromatic heterocycles. The Morgan fingerprint density at radius 1 is 0.979 bits per heavy atom. The van der Waals surface area contributed by atoms with Gasteiger partial charge in [-0.15, -0.1) is 0 Å². The van der Waals surface area contributed by atoms with Crippen LogP contribution in [0, 0.1) is 11.7 Å². The summed E-state index contributed by atoms with van der Waals surface area (Å²) < 4.78 is 23.4. The Bertz CT molecular complexity index is 1680. The van der Waals surface area contributed by atoms with Crippen molar-refractivity contribution in [3.63, 3.8) is 0 Å². The van der Waals surface area contributed by atoms with Crippen molar-refractivity contribution in [1.82, 2.24) is 19.1 Å². The quantitative estimate of drug-likeness (QED) is 0.0900. The number of hydrogen-bond donors (Lipinski definition) is 0. The van der Waals surface area contributed by atoms with Gasteiger partial charge < -0.3 is 19.1 Å². The molecule has 4 aromatic rings. The number of carbonyl (C=O) groups excluding carboxylic acids is 1. The Kier molecular flexibility index (Phi) is 12.3. The zero-order valence-corrected chi connectivity index (χ0v) is 29.0. The minimum Gasteiger partial charge on any atom is -0.441 e. The van der Waals surface area contributed by atoms with Crippen LogP contribution in [0.4, 0.5) is 16.3 Å². The summed E-state index contributed by atoms with van der Waals surface area (Å²) in [5.74, 6) is 0.757. The van der Waals surface area contributed by atoms with Gasteiger partial charge in [0, 0.05) is 50.8 Å². The Morgan fingerprint density at radius 3 is 2.38 bits per heavy atom. The fourth-order valence-electron chi connectivity index (χ4n) is 6.66. The maximum atomic E-state index is 13.6. The maximum absolute atomic E-state index is 13.6. The number of ether oxygens (including phenoxy) is 1. The highest BCUT2D eigenvalue weighted by atomic mass is 19.1. The van der Waals surface area contributed by atoms with Gasteiger partial charge in [0.1, 0.15) is 5.82 Å². The molecule has 48 heavy (non-hydrogen) atoms. The molecule has 0 saturated carbocycles. The molecule has 0 N–H and O–H groups in total. The third kappa shape index (κ3) is 8.62. The van der Waals surface area contributed by atoms with E-state index in [4.69, 9.17) is 9.72 Å². The van der Waals surface area contributed by atoms with E-state index in [0.717, 1.165) is 67.7 Å². The normalized spacial score (nSPS) is 14.5. The Hall–Kier alpha value is -4.21. The summed E-state index contributed by atoms with van der Waals surface area (Å²) in [6, 6.07) is 16.3. The second-order valence-corrected chi connectivity index (χ2v) is 13.4. The molecular formula is C38H51FN6O3. The van der Waals surface area contributed by atoms with E-state index >= 15 is 0 Å².